The Morgan fingerprint density at radius 1 is 1.28 bits per heavy atom. The molecule has 1 amide bonds. The Balaban J connectivity index is 3.01. The summed E-state index contributed by atoms with van der Waals surface area (Å²) in [5.41, 5.74) is 5.12. The van der Waals surface area contributed by atoms with Gasteiger partial charge in [0.1, 0.15) is 11.9 Å². The first-order chi connectivity index (χ1) is 8.24. The molecule has 0 aromatic heterocycles. The molecule has 0 saturated heterocycles. The first-order valence-electron chi connectivity index (χ1n) is 5.31. The minimum absolute atomic E-state index is 0.115. The smallest absolute Gasteiger partial charge is 0.241 e. The Morgan fingerprint density at radius 2 is 1.78 bits per heavy atom. The lowest BCUT2D eigenvalue weighted by molar-refractivity contribution is -0.120. The van der Waals surface area contributed by atoms with Crippen LogP contribution in [0.15, 0.2) is 29.2 Å². The molecule has 0 fully saturated rings. The Kier molecular flexibility index (Phi) is 4.42. The average Bonchev–Trinajstić information content (AvgIpc) is 2.26. The topological polar surface area (TPSA) is 89.3 Å². The van der Waals surface area contributed by atoms with Crippen LogP contribution in [0.1, 0.15) is 13.8 Å². The molecular formula is C11H15FN2O3S. The van der Waals surface area contributed by atoms with E-state index in [2.05, 4.69) is 4.72 Å². The quantitative estimate of drug-likeness (QED) is 0.824. The summed E-state index contributed by atoms with van der Waals surface area (Å²) in [5, 5.41) is 0. The normalized spacial score (nSPS) is 13.6. The van der Waals surface area contributed by atoms with Crippen molar-refractivity contribution in [2.75, 3.05) is 0 Å². The highest BCUT2D eigenvalue weighted by Gasteiger charge is 2.26. The Labute approximate surface area is 105 Å². The predicted molar refractivity (Wildman–Crippen MR) is 64.5 cm³/mol. The lowest BCUT2D eigenvalue weighted by Gasteiger charge is -2.18. The van der Waals surface area contributed by atoms with Crippen LogP contribution in [0.3, 0.4) is 0 Å². The van der Waals surface area contributed by atoms with Gasteiger partial charge in [0.2, 0.25) is 15.9 Å². The summed E-state index contributed by atoms with van der Waals surface area (Å²) < 4.78 is 38.8. The third-order valence-electron chi connectivity index (χ3n) is 2.38. The fourth-order valence-electron chi connectivity index (χ4n) is 1.37. The highest BCUT2D eigenvalue weighted by molar-refractivity contribution is 7.89. The second-order valence-corrected chi connectivity index (χ2v) is 5.91. The van der Waals surface area contributed by atoms with Crippen LogP contribution >= 0.6 is 0 Å². The van der Waals surface area contributed by atoms with E-state index in [1.54, 1.807) is 13.8 Å². The molecule has 1 atom stereocenters. The molecule has 0 saturated carbocycles. The summed E-state index contributed by atoms with van der Waals surface area (Å²) in [6, 6.07) is 3.30. The number of nitrogens with two attached hydrogens (primary N) is 1. The van der Waals surface area contributed by atoms with Crippen LogP contribution in [0.5, 0.6) is 0 Å². The molecule has 1 aromatic rings. The minimum Gasteiger partial charge on any atom is -0.368 e. The van der Waals surface area contributed by atoms with Gasteiger partial charge in [-0.3, -0.25) is 4.79 Å². The lowest BCUT2D eigenvalue weighted by Crippen LogP contribution is -2.47. The summed E-state index contributed by atoms with van der Waals surface area (Å²) in [7, 11) is -3.88. The van der Waals surface area contributed by atoms with Gasteiger partial charge in [-0.2, -0.15) is 4.72 Å². The van der Waals surface area contributed by atoms with Gasteiger partial charge in [0, 0.05) is 0 Å². The van der Waals surface area contributed by atoms with Gasteiger partial charge >= 0.3 is 0 Å². The van der Waals surface area contributed by atoms with E-state index in [-0.39, 0.29) is 10.8 Å². The number of benzene rings is 1. The van der Waals surface area contributed by atoms with Crippen LogP contribution in [0.2, 0.25) is 0 Å². The number of carbonyl (C=O) groups excluding carboxylic acids is 1. The van der Waals surface area contributed by atoms with Crippen molar-refractivity contribution in [3.8, 4) is 0 Å². The van der Waals surface area contributed by atoms with Crippen LogP contribution in [0.4, 0.5) is 4.39 Å². The van der Waals surface area contributed by atoms with E-state index in [0.717, 1.165) is 24.3 Å². The van der Waals surface area contributed by atoms with Gasteiger partial charge in [-0.25, -0.2) is 12.8 Å². The zero-order chi connectivity index (χ0) is 13.9. The van der Waals surface area contributed by atoms with Crippen LogP contribution in [0, 0.1) is 11.7 Å². The number of amides is 1. The van der Waals surface area contributed by atoms with Crippen molar-refractivity contribution in [1.82, 2.24) is 4.72 Å². The molecule has 1 rings (SSSR count). The van der Waals surface area contributed by atoms with Gasteiger partial charge in [0.05, 0.1) is 4.90 Å². The molecule has 0 spiro atoms. The molecule has 1 unspecified atom stereocenters. The van der Waals surface area contributed by atoms with Crippen LogP contribution in [0.25, 0.3) is 0 Å². The second kappa shape index (κ2) is 5.45. The van der Waals surface area contributed by atoms with Gasteiger partial charge in [-0.05, 0) is 30.2 Å². The van der Waals surface area contributed by atoms with Crippen molar-refractivity contribution in [3.05, 3.63) is 30.1 Å². The number of hydrogen-bond acceptors (Lipinski definition) is 3. The van der Waals surface area contributed by atoms with Crippen molar-refractivity contribution in [2.24, 2.45) is 11.7 Å². The number of nitrogens with one attached hydrogen (secondary N) is 1. The van der Waals surface area contributed by atoms with E-state index in [0.29, 0.717) is 0 Å². The van der Waals surface area contributed by atoms with E-state index in [4.69, 9.17) is 5.73 Å². The van der Waals surface area contributed by atoms with Crippen molar-refractivity contribution in [3.63, 3.8) is 0 Å². The van der Waals surface area contributed by atoms with Crippen molar-refractivity contribution in [1.29, 1.82) is 0 Å². The molecule has 3 N–H and O–H groups in total. The zero-order valence-electron chi connectivity index (χ0n) is 10.1. The van der Waals surface area contributed by atoms with Crippen LogP contribution in [-0.4, -0.2) is 20.4 Å². The first kappa shape index (κ1) is 14.6. The van der Waals surface area contributed by atoms with Gasteiger partial charge < -0.3 is 5.73 Å². The molecule has 0 bridgehead atoms. The fourth-order valence-corrected chi connectivity index (χ4v) is 2.72. The molecule has 100 valence electrons. The number of halogens is 1. The lowest BCUT2D eigenvalue weighted by atomic mass is 10.1. The number of rotatable bonds is 5. The number of carbonyl (C=O) groups is 1. The Hall–Kier alpha value is -1.47. The van der Waals surface area contributed by atoms with E-state index in [1.807, 2.05) is 0 Å². The summed E-state index contributed by atoms with van der Waals surface area (Å²) in [4.78, 5) is 11.0. The van der Waals surface area contributed by atoms with Gasteiger partial charge in [-0.1, -0.05) is 13.8 Å². The van der Waals surface area contributed by atoms with Gasteiger partial charge in [-0.15, -0.1) is 0 Å². The predicted octanol–water partition coefficient (Wildman–Crippen LogP) is 0.614. The van der Waals surface area contributed by atoms with Crippen molar-refractivity contribution in [2.45, 2.75) is 24.8 Å². The maximum absolute atomic E-state index is 12.7. The third kappa shape index (κ3) is 3.51. The van der Waals surface area contributed by atoms with E-state index in [9.17, 15) is 17.6 Å². The fraction of sp³-hybridized carbons (Fsp3) is 0.364. The van der Waals surface area contributed by atoms with Crippen molar-refractivity contribution < 1.29 is 17.6 Å². The highest BCUT2D eigenvalue weighted by atomic mass is 32.2. The monoisotopic (exact) mass is 274 g/mol. The summed E-state index contributed by atoms with van der Waals surface area (Å²) in [6.45, 7) is 3.34. The molecule has 0 aliphatic rings. The molecule has 0 radical (unpaired) electrons. The molecule has 1 aromatic carbocycles. The number of hydrogen-bond donors (Lipinski definition) is 2. The third-order valence-corrected chi connectivity index (χ3v) is 3.84. The highest BCUT2D eigenvalue weighted by Crippen LogP contribution is 2.12. The van der Waals surface area contributed by atoms with Gasteiger partial charge in [0.15, 0.2) is 0 Å². The Bertz CT molecular complexity index is 526. The number of primary amides is 1. The SMILES string of the molecule is CC(C)C(NS(=O)(=O)c1ccc(F)cc1)C(N)=O. The van der Waals surface area contributed by atoms with E-state index < -0.39 is 27.8 Å². The standard InChI is InChI=1S/C11H15FN2O3S/c1-7(2)10(11(13)15)14-18(16,17)9-5-3-8(12)4-6-9/h3-7,10,14H,1-2H3,(H2,13,15). The molecule has 0 heterocycles. The molecule has 0 aliphatic carbocycles. The number of sulfonamides is 1. The first-order valence-corrected chi connectivity index (χ1v) is 6.79. The van der Waals surface area contributed by atoms with Gasteiger partial charge in [0.25, 0.3) is 0 Å². The zero-order valence-corrected chi connectivity index (χ0v) is 10.9. The summed E-state index contributed by atoms with van der Waals surface area (Å²) >= 11 is 0. The van der Waals surface area contributed by atoms with Crippen molar-refractivity contribution >= 4 is 15.9 Å². The summed E-state index contributed by atoms with van der Waals surface area (Å²) in [5.74, 6) is -1.57. The molecule has 0 aliphatic heterocycles. The van der Waals surface area contributed by atoms with Crippen LogP contribution in [-0.2, 0) is 14.8 Å². The van der Waals surface area contributed by atoms with E-state index in [1.165, 1.54) is 0 Å². The van der Waals surface area contributed by atoms with E-state index >= 15 is 0 Å². The molecular weight excluding hydrogens is 259 g/mol. The van der Waals surface area contributed by atoms with Crippen LogP contribution < -0.4 is 10.5 Å². The molecule has 7 heteroatoms. The molecule has 5 nitrogen and oxygen atoms in total. The minimum atomic E-state index is -3.88. The largest absolute Gasteiger partial charge is 0.368 e. The maximum atomic E-state index is 12.7. The summed E-state index contributed by atoms with van der Waals surface area (Å²) in [6.07, 6.45) is 0. The Morgan fingerprint density at radius 3 is 2.17 bits per heavy atom. The molecule has 18 heavy (non-hydrogen) atoms. The maximum Gasteiger partial charge on any atom is 0.241 e. The average molecular weight is 274 g/mol. The second-order valence-electron chi connectivity index (χ2n) is 4.20.